The Bertz CT molecular complexity index is 751. The molecule has 92 valence electrons. The highest BCUT2D eigenvalue weighted by atomic mass is 127. The maximum Gasteiger partial charge on any atom is 0.286 e. The molecule has 0 atom stereocenters. The van der Waals surface area contributed by atoms with Gasteiger partial charge in [-0.2, -0.15) is 4.40 Å². The van der Waals surface area contributed by atoms with Crippen molar-refractivity contribution in [3.63, 3.8) is 0 Å². The Balaban J connectivity index is 0.00000120. The van der Waals surface area contributed by atoms with Gasteiger partial charge in [0.15, 0.2) is 11.0 Å². The minimum absolute atomic E-state index is 0. The summed E-state index contributed by atoms with van der Waals surface area (Å²) >= 11 is 0. The van der Waals surface area contributed by atoms with Gasteiger partial charge in [-0.1, -0.05) is 6.07 Å². The van der Waals surface area contributed by atoms with Crippen LogP contribution in [0, 0.1) is 10.1 Å². The first-order valence-corrected chi connectivity index (χ1v) is 5.22. The Labute approximate surface area is 120 Å². The number of benzene rings is 1. The summed E-state index contributed by atoms with van der Waals surface area (Å²) in [5.41, 5.74) is 2.94. The van der Waals surface area contributed by atoms with E-state index in [0.29, 0.717) is 0 Å². The number of rotatable bonds is 1. The van der Waals surface area contributed by atoms with Crippen molar-refractivity contribution < 1.29 is 33.3 Å². The molecule has 0 aliphatic rings. The third-order valence-corrected chi connectivity index (χ3v) is 2.97. The largest absolute Gasteiger partial charge is 1.00 e. The number of hydrogen-bond acceptors (Lipinski definition) is 2. The number of nitrogens with zero attached hydrogens (tertiary/aromatic N) is 3. The van der Waals surface area contributed by atoms with Crippen molar-refractivity contribution in [2.75, 3.05) is 0 Å². The summed E-state index contributed by atoms with van der Waals surface area (Å²) in [4.78, 5) is 10.4. The minimum atomic E-state index is -0.373. The third kappa shape index (κ3) is 1.72. The predicted molar refractivity (Wildman–Crippen MR) is 62.7 cm³/mol. The van der Waals surface area contributed by atoms with Crippen LogP contribution in [-0.2, 0) is 7.05 Å². The second-order valence-electron chi connectivity index (χ2n) is 3.92. The van der Waals surface area contributed by atoms with Crippen LogP contribution >= 0.6 is 0 Å². The van der Waals surface area contributed by atoms with E-state index in [2.05, 4.69) is 0 Å². The van der Waals surface area contributed by atoms with Crippen molar-refractivity contribution >= 4 is 22.4 Å². The van der Waals surface area contributed by atoms with E-state index in [0.717, 1.165) is 16.7 Å². The van der Waals surface area contributed by atoms with Gasteiger partial charge >= 0.3 is 0 Å². The lowest BCUT2D eigenvalue weighted by Gasteiger charge is -1.89. The monoisotopic (exact) mass is 355 g/mol. The van der Waals surface area contributed by atoms with Crippen LogP contribution in [0.2, 0.25) is 0 Å². The number of halogens is 1. The Morgan fingerprint density at radius 1 is 1.28 bits per heavy atom. The van der Waals surface area contributed by atoms with Gasteiger partial charge < -0.3 is 24.0 Å². The van der Waals surface area contributed by atoms with Crippen molar-refractivity contribution in [1.29, 1.82) is 0 Å². The van der Waals surface area contributed by atoms with E-state index in [9.17, 15) is 10.1 Å². The number of pyridine rings is 1. The first-order valence-electron chi connectivity index (χ1n) is 5.22. The summed E-state index contributed by atoms with van der Waals surface area (Å²) in [5, 5.41) is 10.8. The second kappa shape index (κ2) is 4.52. The van der Waals surface area contributed by atoms with Gasteiger partial charge in [0, 0.05) is 12.1 Å². The Hall–Kier alpha value is -1.70. The molecular formula is C12H10IN3O2. The number of fused-ring (bicyclic) bond motifs is 3. The van der Waals surface area contributed by atoms with Crippen molar-refractivity contribution in [3.8, 4) is 0 Å². The van der Waals surface area contributed by atoms with E-state index in [1.807, 2.05) is 40.4 Å². The molecule has 0 saturated carbocycles. The van der Waals surface area contributed by atoms with Gasteiger partial charge in [-0.25, -0.2) is 4.57 Å². The second-order valence-corrected chi connectivity index (χ2v) is 3.92. The van der Waals surface area contributed by atoms with Gasteiger partial charge in [-0.15, -0.1) is 0 Å². The molecule has 1 aromatic carbocycles. The Morgan fingerprint density at radius 3 is 2.78 bits per heavy atom. The van der Waals surface area contributed by atoms with Gasteiger partial charge in [0.2, 0.25) is 0 Å². The molecule has 0 fully saturated rings. The molecule has 5 nitrogen and oxygen atoms in total. The molecule has 0 amide bonds. The first kappa shape index (κ1) is 12.7. The SMILES string of the molecule is Cn1c2cc([N+](=O)[O-])ccc2[n+]2ccccc12.[I-]. The zero-order valence-electron chi connectivity index (χ0n) is 9.58. The molecule has 0 aliphatic carbocycles. The van der Waals surface area contributed by atoms with E-state index >= 15 is 0 Å². The molecule has 0 saturated heterocycles. The fourth-order valence-electron chi connectivity index (χ4n) is 2.13. The number of non-ortho nitro benzene ring substituents is 1. The number of hydrogen-bond donors (Lipinski definition) is 0. The predicted octanol–water partition coefficient (Wildman–Crippen LogP) is -1.17. The lowest BCUT2D eigenvalue weighted by Crippen LogP contribution is -3.00. The molecule has 0 spiro atoms. The van der Waals surface area contributed by atoms with Crippen molar-refractivity contribution in [2.24, 2.45) is 7.05 Å². The van der Waals surface area contributed by atoms with E-state index in [1.54, 1.807) is 12.1 Å². The van der Waals surface area contributed by atoms with E-state index in [-0.39, 0.29) is 34.6 Å². The highest BCUT2D eigenvalue weighted by Gasteiger charge is 2.18. The van der Waals surface area contributed by atoms with Gasteiger partial charge in [0.05, 0.1) is 24.2 Å². The molecule has 0 aliphatic heterocycles. The molecule has 6 heteroatoms. The number of aryl methyl sites for hydroxylation is 1. The number of imidazole rings is 1. The fraction of sp³-hybridized carbons (Fsp3) is 0.0833. The van der Waals surface area contributed by atoms with Gasteiger partial charge in [0.1, 0.15) is 0 Å². The van der Waals surface area contributed by atoms with Crippen LogP contribution in [0.1, 0.15) is 0 Å². The molecule has 0 N–H and O–H groups in total. The van der Waals surface area contributed by atoms with Crippen molar-refractivity contribution in [3.05, 3.63) is 52.7 Å². The molecular weight excluding hydrogens is 345 g/mol. The van der Waals surface area contributed by atoms with Crippen LogP contribution < -0.4 is 28.4 Å². The Morgan fingerprint density at radius 2 is 2.06 bits per heavy atom. The normalized spacial score (nSPS) is 10.5. The molecule has 0 bridgehead atoms. The summed E-state index contributed by atoms with van der Waals surface area (Å²) in [7, 11) is 1.90. The zero-order valence-corrected chi connectivity index (χ0v) is 11.7. The summed E-state index contributed by atoms with van der Waals surface area (Å²) < 4.78 is 3.96. The summed E-state index contributed by atoms with van der Waals surface area (Å²) in [6.07, 6.45) is 1.95. The van der Waals surface area contributed by atoms with Gasteiger partial charge in [0.25, 0.3) is 11.3 Å². The van der Waals surface area contributed by atoms with Crippen molar-refractivity contribution in [1.82, 2.24) is 4.57 Å². The zero-order chi connectivity index (χ0) is 12.0. The fourth-order valence-corrected chi connectivity index (χ4v) is 2.13. The maximum atomic E-state index is 10.8. The maximum absolute atomic E-state index is 10.8. The first-order chi connectivity index (χ1) is 8.18. The standard InChI is InChI=1S/C12H10N3O2.HI/c1-13-11-8-9(15(16)17)5-6-10(11)14-7-3-2-4-12(13)14;/h2-8H,1H3;1H/q+1;/p-1. The van der Waals surface area contributed by atoms with Crippen LogP contribution in [0.5, 0.6) is 0 Å². The van der Waals surface area contributed by atoms with Crippen molar-refractivity contribution in [2.45, 2.75) is 0 Å². The Kier molecular flexibility index (Phi) is 3.20. The number of aromatic nitrogens is 2. The van der Waals surface area contributed by atoms with Crippen LogP contribution in [0.15, 0.2) is 42.6 Å². The molecule has 2 aromatic heterocycles. The quantitative estimate of drug-likeness (QED) is 0.239. The average molecular weight is 355 g/mol. The van der Waals surface area contributed by atoms with E-state index in [4.69, 9.17) is 0 Å². The highest BCUT2D eigenvalue weighted by molar-refractivity contribution is 5.78. The lowest BCUT2D eigenvalue weighted by atomic mass is 10.3. The molecule has 0 unspecified atom stereocenters. The van der Waals surface area contributed by atoms with Crippen LogP contribution in [-0.4, -0.2) is 9.49 Å². The average Bonchev–Trinajstić information content (AvgIpc) is 2.64. The van der Waals surface area contributed by atoms with Gasteiger partial charge in [-0.3, -0.25) is 10.1 Å². The van der Waals surface area contributed by atoms with Crippen LogP contribution in [0.25, 0.3) is 16.7 Å². The summed E-state index contributed by atoms with van der Waals surface area (Å²) in [5.74, 6) is 0. The molecule has 18 heavy (non-hydrogen) atoms. The molecule has 3 rings (SSSR count). The minimum Gasteiger partial charge on any atom is -1.00 e. The smallest absolute Gasteiger partial charge is 0.286 e. The number of nitro benzene ring substituents is 1. The lowest BCUT2D eigenvalue weighted by molar-refractivity contribution is -0.481. The van der Waals surface area contributed by atoms with Gasteiger partial charge in [-0.05, 0) is 12.1 Å². The molecule has 3 aromatic rings. The van der Waals surface area contributed by atoms with E-state index in [1.165, 1.54) is 6.07 Å². The van der Waals surface area contributed by atoms with Crippen LogP contribution in [0.4, 0.5) is 5.69 Å². The highest BCUT2D eigenvalue weighted by Crippen LogP contribution is 2.20. The topological polar surface area (TPSA) is 52.2 Å². The van der Waals surface area contributed by atoms with Crippen LogP contribution in [0.3, 0.4) is 0 Å². The summed E-state index contributed by atoms with van der Waals surface area (Å²) in [6.45, 7) is 0. The summed E-state index contributed by atoms with van der Waals surface area (Å²) in [6, 6.07) is 10.8. The third-order valence-electron chi connectivity index (χ3n) is 2.97. The molecule has 2 heterocycles. The molecule has 0 radical (unpaired) electrons. The van der Waals surface area contributed by atoms with E-state index < -0.39 is 0 Å². The number of nitro groups is 1.